The lowest BCUT2D eigenvalue weighted by Crippen LogP contribution is -2.10. The van der Waals surface area contributed by atoms with E-state index < -0.39 is 0 Å². The molecule has 0 atom stereocenters. The van der Waals surface area contributed by atoms with Crippen LogP contribution in [-0.4, -0.2) is 35.6 Å². The largest absolute Gasteiger partial charge is 0.466 e. The first-order chi connectivity index (χ1) is 9.26. The van der Waals surface area contributed by atoms with Crippen molar-refractivity contribution in [3.05, 3.63) is 12.3 Å². The zero-order chi connectivity index (χ0) is 13.9. The number of hydrogen-bond acceptors (Lipinski definition) is 6. The fraction of sp³-hybridized carbons (Fsp3) is 0.615. The molecule has 0 radical (unpaired) electrons. The average Bonchev–Trinajstić information content (AvgIpc) is 2.42. The van der Waals surface area contributed by atoms with Gasteiger partial charge in [-0.25, -0.2) is 4.98 Å². The highest BCUT2D eigenvalue weighted by Crippen LogP contribution is 2.06. The van der Waals surface area contributed by atoms with Crippen LogP contribution in [-0.2, 0) is 9.53 Å². The number of aromatic nitrogens is 2. The van der Waals surface area contributed by atoms with E-state index in [0.717, 1.165) is 25.2 Å². The Hall–Kier alpha value is -1.85. The van der Waals surface area contributed by atoms with E-state index in [1.165, 1.54) is 0 Å². The Balaban J connectivity index is 2.27. The summed E-state index contributed by atoms with van der Waals surface area (Å²) in [4.78, 5) is 19.6. The maximum atomic E-state index is 11.1. The van der Waals surface area contributed by atoms with Crippen molar-refractivity contribution in [2.45, 2.75) is 33.1 Å². The molecule has 0 aliphatic heterocycles. The SMILES string of the molecule is CCCNc1nccc(NCCCC(=O)OCC)n1. The van der Waals surface area contributed by atoms with E-state index >= 15 is 0 Å². The molecule has 0 spiro atoms. The summed E-state index contributed by atoms with van der Waals surface area (Å²) in [5.74, 6) is 1.23. The Morgan fingerprint density at radius 3 is 2.89 bits per heavy atom. The van der Waals surface area contributed by atoms with Crippen LogP contribution < -0.4 is 10.6 Å². The fourth-order valence-corrected chi connectivity index (χ4v) is 1.46. The van der Waals surface area contributed by atoms with Gasteiger partial charge in [0.25, 0.3) is 0 Å². The van der Waals surface area contributed by atoms with Gasteiger partial charge in [0.2, 0.25) is 5.95 Å². The molecule has 1 rings (SSSR count). The molecular weight excluding hydrogens is 244 g/mol. The van der Waals surface area contributed by atoms with Crippen LogP contribution in [0, 0.1) is 0 Å². The van der Waals surface area contributed by atoms with Gasteiger partial charge in [-0.05, 0) is 25.8 Å². The Morgan fingerprint density at radius 2 is 2.16 bits per heavy atom. The van der Waals surface area contributed by atoms with Crippen molar-refractivity contribution in [2.75, 3.05) is 30.3 Å². The molecule has 0 unspecified atom stereocenters. The number of nitrogens with zero attached hydrogens (tertiary/aromatic N) is 2. The summed E-state index contributed by atoms with van der Waals surface area (Å²) >= 11 is 0. The third-order valence-corrected chi connectivity index (χ3v) is 2.36. The van der Waals surface area contributed by atoms with Crippen LogP contribution in [0.5, 0.6) is 0 Å². The van der Waals surface area contributed by atoms with Crippen LogP contribution in [0.15, 0.2) is 12.3 Å². The fourth-order valence-electron chi connectivity index (χ4n) is 1.46. The van der Waals surface area contributed by atoms with Crippen molar-refractivity contribution < 1.29 is 9.53 Å². The van der Waals surface area contributed by atoms with Crippen molar-refractivity contribution in [1.82, 2.24) is 9.97 Å². The van der Waals surface area contributed by atoms with Crippen LogP contribution in [0.3, 0.4) is 0 Å². The Morgan fingerprint density at radius 1 is 1.32 bits per heavy atom. The van der Waals surface area contributed by atoms with Gasteiger partial charge in [-0.2, -0.15) is 4.98 Å². The first-order valence-electron chi connectivity index (χ1n) is 6.72. The van der Waals surface area contributed by atoms with Crippen molar-refractivity contribution >= 4 is 17.7 Å². The zero-order valence-electron chi connectivity index (χ0n) is 11.6. The predicted octanol–water partition coefficient (Wildman–Crippen LogP) is 2.05. The second kappa shape index (κ2) is 9.13. The van der Waals surface area contributed by atoms with Crippen LogP contribution in [0.25, 0.3) is 0 Å². The molecule has 1 aromatic rings. The molecule has 0 saturated carbocycles. The Kier molecular flexibility index (Phi) is 7.31. The number of hydrogen-bond donors (Lipinski definition) is 2. The monoisotopic (exact) mass is 266 g/mol. The maximum Gasteiger partial charge on any atom is 0.305 e. The quantitative estimate of drug-likeness (QED) is 0.526. The topological polar surface area (TPSA) is 76.1 Å². The van der Waals surface area contributed by atoms with Gasteiger partial charge < -0.3 is 15.4 Å². The summed E-state index contributed by atoms with van der Waals surface area (Å²) in [5.41, 5.74) is 0. The lowest BCUT2D eigenvalue weighted by atomic mass is 10.3. The second-order valence-corrected chi connectivity index (χ2v) is 4.03. The zero-order valence-corrected chi connectivity index (χ0v) is 11.6. The van der Waals surface area contributed by atoms with Gasteiger partial charge in [0.1, 0.15) is 5.82 Å². The standard InChI is InChI=1S/C13H22N4O2/c1-3-8-15-13-16-10-7-11(17-13)14-9-5-6-12(18)19-4-2/h7,10H,3-6,8-9H2,1-2H3,(H2,14,15,16,17). The molecule has 106 valence electrons. The van der Waals surface area contributed by atoms with Crippen molar-refractivity contribution in [3.63, 3.8) is 0 Å². The van der Waals surface area contributed by atoms with Crippen molar-refractivity contribution in [3.8, 4) is 0 Å². The molecule has 1 heterocycles. The molecule has 0 bridgehead atoms. The van der Waals surface area contributed by atoms with Crippen molar-refractivity contribution in [1.29, 1.82) is 0 Å². The number of esters is 1. The summed E-state index contributed by atoms with van der Waals surface area (Å²) in [6, 6.07) is 1.81. The first kappa shape index (κ1) is 15.2. The van der Waals surface area contributed by atoms with Crippen molar-refractivity contribution in [2.24, 2.45) is 0 Å². The molecule has 0 amide bonds. The average molecular weight is 266 g/mol. The number of ether oxygens (including phenoxy) is 1. The predicted molar refractivity (Wildman–Crippen MR) is 75.2 cm³/mol. The van der Waals surface area contributed by atoms with Crippen LogP contribution in [0.1, 0.15) is 33.1 Å². The normalized spacial score (nSPS) is 10.0. The minimum Gasteiger partial charge on any atom is -0.466 e. The van der Waals surface area contributed by atoms with Gasteiger partial charge >= 0.3 is 5.97 Å². The van der Waals surface area contributed by atoms with Gasteiger partial charge in [-0.3, -0.25) is 4.79 Å². The molecule has 0 aromatic carbocycles. The van der Waals surface area contributed by atoms with Crippen LogP contribution >= 0.6 is 0 Å². The molecule has 0 saturated heterocycles. The van der Waals surface area contributed by atoms with Gasteiger partial charge in [0.05, 0.1) is 6.61 Å². The molecule has 1 aromatic heterocycles. The highest BCUT2D eigenvalue weighted by Gasteiger charge is 2.01. The number of anilines is 2. The lowest BCUT2D eigenvalue weighted by molar-refractivity contribution is -0.143. The van der Waals surface area contributed by atoms with Gasteiger partial charge in [0.15, 0.2) is 0 Å². The third-order valence-electron chi connectivity index (χ3n) is 2.36. The Labute approximate surface area is 114 Å². The summed E-state index contributed by atoms with van der Waals surface area (Å²) < 4.78 is 4.86. The van der Waals surface area contributed by atoms with E-state index in [0.29, 0.717) is 25.5 Å². The van der Waals surface area contributed by atoms with E-state index in [-0.39, 0.29) is 5.97 Å². The minimum atomic E-state index is -0.155. The van der Waals surface area contributed by atoms with Crippen LogP contribution in [0.2, 0.25) is 0 Å². The lowest BCUT2D eigenvalue weighted by Gasteiger charge is -2.07. The van der Waals surface area contributed by atoms with Gasteiger partial charge in [0, 0.05) is 25.7 Å². The van der Waals surface area contributed by atoms with Gasteiger partial charge in [-0.15, -0.1) is 0 Å². The summed E-state index contributed by atoms with van der Waals surface area (Å²) in [6.07, 6.45) is 3.88. The Bertz CT molecular complexity index is 385. The minimum absolute atomic E-state index is 0.155. The molecule has 19 heavy (non-hydrogen) atoms. The number of nitrogens with one attached hydrogen (secondary N) is 2. The second-order valence-electron chi connectivity index (χ2n) is 4.03. The molecule has 0 aliphatic rings. The molecule has 0 aliphatic carbocycles. The highest BCUT2D eigenvalue weighted by molar-refractivity contribution is 5.69. The van der Waals surface area contributed by atoms with Gasteiger partial charge in [-0.1, -0.05) is 6.92 Å². The smallest absolute Gasteiger partial charge is 0.305 e. The van der Waals surface area contributed by atoms with E-state index in [2.05, 4.69) is 27.5 Å². The van der Waals surface area contributed by atoms with E-state index in [1.54, 1.807) is 6.20 Å². The molecular formula is C13H22N4O2. The molecule has 2 N–H and O–H groups in total. The number of carbonyl (C=O) groups is 1. The number of carbonyl (C=O) groups excluding carboxylic acids is 1. The van der Waals surface area contributed by atoms with E-state index in [4.69, 9.17) is 4.74 Å². The summed E-state index contributed by atoms with van der Waals surface area (Å²) in [7, 11) is 0. The van der Waals surface area contributed by atoms with Crippen LogP contribution in [0.4, 0.5) is 11.8 Å². The molecule has 0 fully saturated rings. The van der Waals surface area contributed by atoms with E-state index in [9.17, 15) is 4.79 Å². The molecule has 6 heteroatoms. The highest BCUT2D eigenvalue weighted by atomic mass is 16.5. The summed E-state index contributed by atoms with van der Waals surface area (Å²) in [5, 5.41) is 6.28. The summed E-state index contributed by atoms with van der Waals surface area (Å²) in [6.45, 7) is 5.87. The first-order valence-corrected chi connectivity index (χ1v) is 6.72. The van der Waals surface area contributed by atoms with E-state index in [1.807, 2.05) is 13.0 Å². The third kappa shape index (κ3) is 6.59. The number of rotatable bonds is 9. The maximum absolute atomic E-state index is 11.1. The molecule has 6 nitrogen and oxygen atoms in total.